The molecule has 0 atom stereocenters. The molecule has 0 saturated heterocycles. The van der Waals surface area contributed by atoms with E-state index in [0.29, 0.717) is 12.1 Å². The van der Waals surface area contributed by atoms with Crippen molar-refractivity contribution in [3.8, 4) is 22.6 Å². The van der Waals surface area contributed by atoms with Gasteiger partial charge in [-0.3, -0.25) is 0 Å². The standard InChI is InChI=1S/C30H24F10O2/c1-2-22(31)27(36)17-6-10-21(24(33)12-17)16-5-9-20(23(32)11-16)15-3-7-18(8-4-15)30(39,40)42-19-13-25(34)28(26(35)14-19)41-29(37)38/h5-6,9-15,18,29H,2-4,7-8H2,1H3/b27-22+. The van der Waals surface area contributed by atoms with Crippen molar-refractivity contribution < 1.29 is 53.4 Å². The molecule has 226 valence electrons. The number of hydrogen-bond acceptors (Lipinski definition) is 2. The van der Waals surface area contributed by atoms with Gasteiger partial charge in [0.25, 0.3) is 0 Å². The maximum atomic E-state index is 15.1. The van der Waals surface area contributed by atoms with Crippen molar-refractivity contribution in [2.75, 3.05) is 0 Å². The Morgan fingerprint density at radius 1 is 0.833 bits per heavy atom. The second-order valence-electron chi connectivity index (χ2n) is 9.81. The normalized spacial score (nSPS) is 18.2. The van der Waals surface area contributed by atoms with Crippen LogP contribution in [0.2, 0.25) is 0 Å². The first-order valence-corrected chi connectivity index (χ1v) is 12.9. The summed E-state index contributed by atoms with van der Waals surface area (Å²) in [6.45, 7) is -2.13. The van der Waals surface area contributed by atoms with E-state index in [-0.39, 0.29) is 54.4 Å². The summed E-state index contributed by atoms with van der Waals surface area (Å²) in [6.07, 6.45) is -4.14. The van der Waals surface area contributed by atoms with Crippen molar-refractivity contribution >= 4 is 5.83 Å². The minimum absolute atomic E-state index is 0.0453. The van der Waals surface area contributed by atoms with Crippen LogP contribution in [0.5, 0.6) is 11.5 Å². The molecule has 1 aliphatic rings. The van der Waals surface area contributed by atoms with Gasteiger partial charge in [-0.1, -0.05) is 31.2 Å². The Morgan fingerprint density at radius 3 is 2.02 bits per heavy atom. The van der Waals surface area contributed by atoms with Gasteiger partial charge in [-0.2, -0.15) is 17.6 Å². The molecule has 4 rings (SSSR count). The van der Waals surface area contributed by atoms with Gasteiger partial charge < -0.3 is 9.47 Å². The molecule has 0 heterocycles. The van der Waals surface area contributed by atoms with Gasteiger partial charge in [0.2, 0.25) is 0 Å². The molecule has 2 nitrogen and oxygen atoms in total. The van der Waals surface area contributed by atoms with Gasteiger partial charge in [0, 0.05) is 23.3 Å². The molecule has 0 spiro atoms. The Bertz CT molecular complexity index is 1440. The third kappa shape index (κ3) is 6.84. The predicted molar refractivity (Wildman–Crippen MR) is 134 cm³/mol. The van der Waals surface area contributed by atoms with E-state index in [1.54, 1.807) is 0 Å². The second kappa shape index (κ2) is 12.7. The van der Waals surface area contributed by atoms with Crippen molar-refractivity contribution in [3.05, 3.63) is 88.8 Å². The minimum atomic E-state index is -3.88. The van der Waals surface area contributed by atoms with Crippen LogP contribution in [0.3, 0.4) is 0 Å². The number of ether oxygens (including phenoxy) is 2. The van der Waals surface area contributed by atoms with Gasteiger partial charge in [0.15, 0.2) is 23.2 Å². The van der Waals surface area contributed by atoms with Gasteiger partial charge >= 0.3 is 12.7 Å². The molecular weight excluding hydrogens is 582 g/mol. The van der Waals surface area contributed by atoms with Gasteiger partial charge in [-0.25, -0.2) is 26.3 Å². The molecule has 1 aliphatic carbocycles. The van der Waals surface area contributed by atoms with Gasteiger partial charge in [0.1, 0.15) is 23.2 Å². The number of alkyl halides is 4. The molecule has 0 N–H and O–H groups in total. The molecule has 1 saturated carbocycles. The fourth-order valence-corrected chi connectivity index (χ4v) is 5.00. The van der Waals surface area contributed by atoms with E-state index in [1.165, 1.54) is 31.2 Å². The van der Waals surface area contributed by atoms with Crippen molar-refractivity contribution in [2.24, 2.45) is 5.92 Å². The van der Waals surface area contributed by atoms with Gasteiger partial charge in [0.05, 0.1) is 5.92 Å². The SMILES string of the molecule is CC/C(F)=C(\F)c1ccc(-c2ccc(C3CCC(C(F)(F)Oc4cc(F)c(OC(F)F)c(F)c4)CC3)c(F)c2)c(F)c1. The smallest absolute Gasteiger partial charge is 0.400 e. The number of halogens is 10. The van der Waals surface area contributed by atoms with Crippen LogP contribution in [0.25, 0.3) is 17.0 Å². The zero-order valence-electron chi connectivity index (χ0n) is 22.0. The molecule has 42 heavy (non-hydrogen) atoms. The number of allylic oxidation sites excluding steroid dienone is 1. The van der Waals surface area contributed by atoms with E-state index in [0.717, 1.165) is 12.1 Å². The highest BCUT2D eigenvalue weighted by atomic mass is 19.3. The van der Waals surface area contributed by atoms with E-state index < -0.39 is 71.0 Å². The monoisotopic (exact) mass is 606 g/mol. The zero-order chi connectivity index (χ0) is 30.8. The van der Waals surface area contributed by atoms with Crippen LogP contribution < -0.4 is 9.47 Å². The van der Waals surface area contributed by atoms with E-state index in [2.05, 4.69) is 9.47 Å². The van der Waals surface area contributed by atoms with Crippen molar-refractivity contribution in [2.45, 2.75) is 57.7 Å². The summed E-state index contributed by atoms with van der Waals surface area (Å²) < 4.78 is 148. The highest BCUT2D eigenvalue weighted by Crippen LogP contribution is 2.44. The van der Waals surface area contributed by atoms with Crippen LogP contribution >= 0.6 is 0 Å². The van der Waals surface area contributed by atoms with E-state index in [1.807, 2.05) is 0 Å². The van der Waals surface area contributed by atoms with Crippen molar-refractivity contribution in [1.29, 1.82) is 0 Å². The van der Waals surface area contributed by atoms with Crippen LogP contribution in [0.4, 0.5) is 43.9 Å². The summed E-state index contributed by atoms with van der Waals surface area (Å²) >= 11 is 0. The van der Waals surface area contributed by atoms with E-state index >= 15 is 4.39 Å². The molecule has 0 amide bonds. The maximum Gasteiger partial charge on any atom is 0.400 e. The lowest BCUT2D eigenvalue weighted by atomic mass is 9.77. The average molecular weight is 607 g/mol. The average Bonchev–Trinajstić information content (AvgIpc) is 2.94. The summed E-state index contributed by atoms with van der Waals surface area (Å²) in [5, 5.41) is 0. The predicted octanol–water partition coefficient (Wildman–Crippen LogP) is 10.5. The minimum Gasteiger partial charge on any atom is -0.432 e. The number of rotatable bonds is 9. The topological polar surface area (TPSA) is 18.5 Å². The number of benzene rings is 3. The summed E-state index contributed by atoms with van der Waals surface area (Å²) in [7, 11) is 0. The fraction of sp³-hybridized carbons (Fsp3) is 0.333. The van der Waals surface area contributed by atoms with Gasteiger partial charge in [-0.15, -0.1) is 0 Å². The second-order valence-corrected chi connectivity index (χ2v) is 9.81. The Kier molecular flexibility index (Phi) is 9.42. The number of hydrogen-bond donors (Lipinski definition) is 0. The van der Waals surface area contributed by atoms with Crippen LogP contribution in [-0.2, 0) is 0 Å². The lowest BCUT2D eigenvalue weighted by molar-refractivity contribution is -0.222. The Balaban J connectivity index is 1.43. The summed E-state index contributed by atoms with van der Waals surface area (Å²) in [6, 6.07) is 7.71. The maximum absolute atomic E-state index is 15.1. The first kappa shape index (κ1) is 31.2. The van der Waals surface area contributed by atoms with Crippen molar-refractivity contribution in [3.63, 3.8) is 0 Å². The Hall–Kier alpha value is -3.70. The molecule has 12 heteroatoms. The molecular formula is C30H24F10O2. The largest absolute Gasteiger partial charge is 0.432 e. The van der Waals surface area contributed by atoms with Crippen LogP contribution in [0.1, 0.15) is 56.1 Å². The highest BCUT2D eigenvalue weighted by molar-refractivity contribution is 5.69. The van der Waals surface area contributed by atoms with Crippen molar-refractivity contribution in [1.82, 2.24) is 0 Å². The molecule has 0 bridgehead atoms. The van der Waals surface area contributed by atoms with Crippen LogP contribution in [0, 0.1) is 29.2 Å². The third-order valence-corrected chi connectivity index (χ3v) is 7.16. The summed E-state index contributed by atoms with van der Waals surface area (Å²) in [5.41, 5.74) is 0.0178. The highest BCUT2D eigenvalue weighted by Gasteiger charge is 2.44. The molecule has 0 aromatic heterocycles. The molecule has 3 aromatic rings. The Morgan fingerprint density at radius 2 is 1.48 bits per heavy atom. The van der Waals surface area contributed by atoms with Crippen LogP contribution in [-0.4, -0.2) is 12.7 Å². The molecule has 0 unspecified atom stereocenters. The molecule has 3 aromatic carbocycles. The first-order chi connectivity index (χ1) is 19.8. The van der Waals surface area contributed by atoms with Crippen LogP contribution in [0.15, 0.2) is 54.4 Å². The fourth-order valence-electron chi connectivity index (χ4n) is 5.00. The molecule has 0 aliphatic heterocycles. The third-order valence-electron chi connectivity index (χ3n) is 7.16. The van der Waals surface area contributed by atoms with Gasteiger partial charge in [-0.05, 0) is 61.3 Å². The lowest BCUT2D eigenvalue weighted by Gasteiger charge is -2.33. The molecule has 0 radical (unpaired) electrons. The quantitative estimate of drug-likeness (QED) is 0.226. The van der Waals surface area contributed by atoms with E-state index in [4.69, 9.17) is 0 Å². The summed E-state index contributed by atoms with van der Waals surface area (Å²) in [4.78, 5) is 0. The lowest BCUT2D eigenvalue weighted by Crippen LogP contribution is -2.37. The first-order valence-electron chi connectivity index (χ1n) is 12.9. The zero-order valence-corrected chi connectivity index (χ0v) is 22.0. The summed E-state index contributed by atoms with van der Waals surface area (Å²) in [5.74, 6) is -11.3. The molecule has 1 fully saturated rings. The Labute approximate surface area is 234 Å². The van der Waals surface area contributed by atoms with E-state index in [9.17, 15) is 39.5 Å².